The maximum absolute atomic E-state index is 12.2. The molecule has 1 N–H and O–H groups in total. The Balaban J connectivity index is 2.24. The Morgan fingerprint density at radius 3 is 2.40 bits per heavy atom. The molecule has 2 aromatic rings. The van der Waals surface area contributed by atoms with Crippen LogP contribution in [0.25, 0.3) is 0 Å². The van der Waals surface area contributed by atoms with Gasteiger partial charge in [-0.1, -0.05) is 17.2 Å². The number of hydrogen-bond acceptors (Lipinski definition) is 4. The van der Waals surface area contributed by atoms with Crippen LogP contribution >= 0.6 is 11.3 Å². The lowest BCUT2D eigenvalue weighted by molar-refractivity contribution is 0.0607. The summed E-state index contributed by atoms with van der Waals surface area (Å²) in [7, 11) is 1.32. The molecule has 1 heterocycles. The molecular weight excluding hydrogens is 274 g/mol. The second-order valence-electron chi connectivity index (χ2n) is 4.49. The smallest absolute Gasteiger partial charge is 0.350 e. The molecule has 0 aliphatic carbocycles. The number of anilines is 1. The van der Waals surface area contributed by atoms with Crippen molar-refractivity contribution in [1.82, 2.24) is 0 Å². The third-order valence-electron chi connectivity index (χ3n) is 2.77. The van der Waals surface area contributed by atoms with Crippen molar-refractivity contribution in [2.24, 2.45) is 0 Å². The zero-order valence-corrected chi connectivity index (χ0v) is 12.3. The molecule has 1 amide bonds. The van der Waals surface area contributed by atoms with Gasteiger partial charge in [0.15, 0.2) is 0 Å². The van der Waals surface area contributed by atoms with Crippen molar-refractivity contribution < 1.29 is 14.3 Å². The van der Waals surface area contributed by atoms with E-state index in [1.807, 2.05) is 32.0 Å². The van der Waals surface area contributed by atoms with E-state index in [1.165, 1.54) is 18.4 Å². The van der Waals surface area contributed by atoms with E-state index in [4.69, 9.17) is 0 Å². The lowest BCUT2D eigenvalue weighted by Crippen LogP contribution is -2.14. The highest BCUT2D eigenvalue weighted by atomic mass is 32.1. The normalized spacial score (nSPS) is 10.2. The van der Waals surface area contributed by atoms with Crippen LogP contribution in [-0.2, 0) is 4.74 Å². The number of aryl methyl sites for hydroxylation is 2. The summed E-state index contributed by atoms with van der Waals surface area (Å²) in [5.41, 5.74) is 3.10. The highest BCUT2D eigenvalue weighted by molar-refractivity contribution is 7.12. The zero-order chi connectivity index (χ0) is 14.7. The molecule has 0 aliphatic rings. The van der Waals surface area contributed by atoms with Gasteiger partial charge in [0, 0.05) is 5.56 Å². The first-order chi connectivity index (χ1) is 9.51. The molecule has 0 radical (unpaired) electrons. The Hall–Kier alpha value is -2.14. The number of hydrogen-bond donors (Lipinski definition) is 1. The Bertz CT molecular complexity index is 641. The monoisotopic (exact) mass is 289 g/mol. The third kappa shape index (κ3) is 3.05. The number of amides is 1. The summed E-state index contributed by atoms with van der Waals surface area (Å²) in [6.07, 6.45) is 0. The van der Waals surface area contributed by atoms with Crippen molar-refractivity contribution in [1.29, 1.82) is 0 Å². The van der Waals surface area contributed by atoms with Crippen molar-refractivity contribution in [3.63, 3.8) is 0 Å². The van der Waals surface area contributed by atoms with Gasteiger partial charge in [-0.2, -0.15) is 0 Å². The van der Waals surface area contributed by atoms with E-state index in [9.17, 15) is 9.59 Å². The number of esters is 1. The first-order valence-corrected chi connectivity index (χ1v) is 6.94. The predicted octanol–water partition coefficient (Wildman–Crippen LogP) is 3.40. The van der Waals surface area contributed by atoms with Crippen LogP contribution in [0.3, 0.4) is 0 Å². The van der Waals surface area contributed by atoms with Crippen LogP contribution in [0, 0.1) is 13.8 Å². The third-order valence-corrected chi connectivity index (χ3v) is 3.66. The lowest BCUT2D eigenvalue weighted by atomic mass is 10.1. The van der Waals surface area contributed by atoms with Gasteiger partial charge in [-0.15, -0.1) is 11.3 Å². The first-order valence-electron chi connectivity index (χ1n) is 6.06. The summed E-state index contributed by atoms with van der Waals surface area (Å²) in [5.74, 6) is -0.684. The molecule has 1 aromatic heterocycles. The summed E-state index contributed by atoms with van der Waals surface area (Å²) in [5, 5.41) is 4.49. The Morgan fingerprint density at radius 2 is 1.80 bits per heavy atom. The van der Waals surface area contributed by atoms with Crippen molar-refractivity contribution in [3.05, 3.63) is 51.2 Å². The van der Waals surface area contributed by atoms with Gasteiger partial charge in [-0.25, -0.2) is 4.79 Å². The molecule has 0 atom stereocenters. The molecule has 104 valence electrons. The number of thiophene rings is 1. The van der Waals surface area contributed by atoms with Gasteiger partial charge in [0.2, 0.25) is 0 Å². The number of benzene rings is 1. The minimum Gasteiger partial charge on any atom is -0.465 e. The van der Waals surface area contributed by atoms with Crippen LogP contribution in [0.5, 0.6) is 0 Å². The Labute approximate surface area is 121 Å². The van der Waals surface area contributed by atoms with Crippen molar-refractivity contribution in [3.8, 4) is 0 Å². The quantitative estimate of drug-likeness (QED) is 0.881. The molecular formula is C15H15NO3S. The summed E-state index contributed by atoms with van der Waals surface area (Å²) >= 11 is 1.24. The molecule has 0 fully saturated rings. The molecule has 20 heavy (non-hydrogen) atoms. The van der Waals surface area contributed by atoms with Crippen LogP contribution in [0.2, 0.25) is 0 Å². The summed E-state index contributed by atoms with van der Waals surface area (Å²) in [4.78, 5) is 24.2. The van der Waals surface area contributed by atoms with Gasteiger partial charge in [-0.05, 0) is 37.4 Å². The molecule has 1 aromatic carbocycles. The van der Waals surface area contributed by atoms with E-state index >= 15 is 0 Å². The number of rotatable bonds is 3. The maximum atomic E-state index is 12.2. The molecule has 2 rings (SSSR count). The number of methoxy groups -OCH3 is 1. The minimum atomic E-state index is -0.448. The summed E-state index contributed by atoms with van der Waals surface area (Å²) < 4.78 is 4.68. The van der Waals surface area contributed by atoms with Crippen LogP contribution in [-0.4, -0.2) is 19.0 Å². The summed E-state index contributed by atoms with van der Waals surface area (Å²) in [6, 6.07) is 7.32. The fourth-order valence-electron chi connectivity index (χ4n) is 1.96. The van der Waals surface area contributed by atoms with Gasteiger partial charge in [0.1, 0.15) is 4.88 Å². The summed E-state index contributed by atoms with van der Waals surface area (Å²) in [6.45, 7) is 3.88. The van der Waals surface area contributed by atoms with E-state index in [0.717, 1.165) is 11.1 Å². The number of carbonyl (C=O) groups excluding carboxylic acids is 2. The largest absolute Gasteiger partial charge is 0.465 e. The van der Waals surface area contributed by atoms with Gasteiger partial charge < -0.3 is 10.1 Å². The van der Waals surface area contributed by atoms with Crippen molar-refractivity contribution in [2.45, 2.75) is 13.8 Å². The zero-order valence-electron chi connectivity index (χ0n) is 11.5. The van der Waals surface area contributed by atoms with Crippen LogP contribution < -0.4 is 5.32 Å². The molecule has 4 nitrogen and oxygen atoms in total. The van der Waals surface area contributed by atoms with Crippen molar-refractivity contribution >= 4 is 28.9 Å². The van der Waals surface area contributed by atoms with Gasteiger partial charge in [0.05, 0.1) is 12.8 Å². The maximum Gasteiger partial charge on any atom is 0.350 e. The number of carbonyl (C=O) groups is 2. The van der Waals surface area contributed by atoms with Gasteiger partial charge in [0.25, 0.3) is 5.91 Å². The van der Waals surface area contributed by atoms with Gasteiger partial charge in [-0.3, -0.25) is 4.79 Å². The van der Waals surface area contributed by atoms with E-state index in [-0.39, 0.29) is 5.91 Å². The van der Waals surface area contributed by atoms with Gasteiger partial charge >= 0.3 is 5.97 Å². The highest BCUT2D eigenvalue weighted by Gasteiger charge is 2.16. The molecule has 5 heteroatoms. The van der Waals surface area contributed by atoms with E-state index < -0.39 is 5.97 Å². The van der Waals surface area contributed by atoms with Crippen LogP contribution in [0.1, 0.15) is 31.2 Å². The van der Waals surface area contributed by atoms with E-state index in [2.05, 4.69) is 10.1 Å². The number of ether oxygens (including phenoxy) is 1. The van der Waals surface area contributed by atoms with E-state index in [1.54, 1.807) is 11.4 Å². The average Bonchev–Trinajstić information content (AvgIpc) is 2.84. The average molecular weight is 289 g/mol. The second-order valence-corrected chi connectivity index (χ2v) is 5.40. The Morgan fingerprint density at radius 1 is 1.15 bits per heavy atom. The first kappa shape index (κ1) is 14.3. The van der Waals surface area contributed by atoms with E-state index in [0.29, 0.717) is 16.1 Å². The topological polar surface area (TPSA) is 55.4 Å². The molecule has 0 spiro atoms. The van der Waals surface area contributed by atoms with Crippen LogP contribution in [0.4, 0.5) is 5.69 Å². The molecule has 0 aliphatic heterocycles. The Kier molecular flexibility index (Phi) is 4.20. The number of nitrogens with one attached hydrogen (secondary N) is 1. The van der Waals surface area contributed by atoms with Crippen LogP contribution in [0.15, 0.2) is 29.6 Å². The highest BCUT2D eigenvalue weighted by Crippen LogP contribution is 2.24. The standard InChI is InChI=1S/C15H15NO3S/c1-9-6-10(2)8-11(7-9)14(17)16-12-4-5-20-13(12)15(18)19-3/h4-8H,1-3H3,(H,16,17). The predicted molar refractivity (Wildman–Crippen MR) is 79.5 cm³/mol. The fraction of sp³-hybridized carbons (Fsp3) is 0.200. The minimum absolute atomic E-state index is 0.236. The SMILES string of the molecule is COC(=O)c1sccc1NC(=O)c1cc(C)cc(C)c1. The fourth-order valence-corrected chi connectivity index (χ4v) is 2.72. The lowest BCUT2D eigenvalue weighted by Gasteiger charge is -2.07. The second kappa shape index (κ2) is 5.88. The molecule has 0 saturated heterocycles. The molecule has 0 saturated carbocycles. The molecule has 0 bridgehead atoms. The molecule has 0 unspecified atom stereocenters. The van der Waals surface area contributed by atoms with Crippen molar-refractivity contribution in [2.75, 3.05) is 12.4 Å².